The third kappa shape index (κ3) is 4.74. The summed E-state index contributed by atoms with van der Waals surface area (Å²) in [5.74, 6) is 1.59. The fourth-order valence-electron chi connectivity index (χ4n) is 2.64. The zero-order valence-corrected chi connectivity index (χ0v) is 13.9. The maximum Gasteiger partial charge on any atom is 0.211 e. The Kier molecular flexibility index (Phi) is 5.84. The van der Waals surface area contributed by atoms with E-state index in [-0.39, 0.29) is 6.04 Å². The topological polar surface area (TPSA) is 86.9 Å². The molecule has 1 aromatic rings. The number of sulfonamides is 1. The van der Waals surface area contributed by atoms with Gasteiger partial charge in [-0.3, -0.25) is 4.99 Å². The summed E-state index contributed by atoms with van der Waals surface area (Å²) in [6.07, 6.45) is 5.48. The Morgan fingerprint density at radius 1 is 1.50 bits per heavy atom. The molecule has 1 saturated heterocycles. The van der Waals surface area contributed by atoms with E-state index in [1.807, 2.05) is 12.1 Å². The summed E-state index contributed by atoms with van der Waals surface area (Å²) >= 11 is 0. The predicted molar refractivity (Wildman–Crippen MR) is 86.3 cm³/mol. The van der Waals surface area contributed by atoms with Crippen LogP contribution in [0.25, 0.3) is 0 Å². The van der Waals surface area contributed by atoms with E-state index in [9.17, 15) is 8.42 Å². The molecule has 1 atom stereocenters. The lowest BCUT2D eigenvalue weighted by molar-refractivity contribution is 0.387. The van der Waals surface area contributed by atoms with Crippen LogP contribution in [-0.4, -0.2) is 57.7 Å². The monoisotopic (exact) mass is 328 g/mol. The standard InChI is InChI=1S/C14H24N4O3S/c1-15-14(16-8-7-13-6-4-10-21-13)17-11-12-5-3-9-18(12)22(2,19)20/h4,6,10,12H,3,5,7-9,11H2,1-2H3,(H2,15,16,17)/t12-/m1/s1. The van der Waals surface area contributed by atoms with Gasteiger partial charge in [0.15, 0.2) is 5.96 Å². The van der Waals surface area contributed by atoms with E-state index < -0.39 is 10.0 Å². The van der Waals surface area contributed by atoms with Crippen LogP contribution in [0.4, 0.5) is 0 Å². The van der Waals surface area contributed by atoms with E-state index >= 15 is 0 Å². The highest BCUT2D eigenvalue weighted by molar-refractivity contribution is 7.88. The molecular weight excluding hydrogens is 304 g/mol. The molecule has 1 aliphatic rings. The van der Waals surface area contributed by atoms with Crippen LogP contribution >= 0.6 is 0 Å². The maximum atomic E-state index is 11.7. The van der Waals surface area contributed by atoms with Crippen molar-refractivity contribution in [3.63, 3.8) is 0 Å². The molecule has 2 heterocycles. The lowest BCUT2D eigenvalue weighted by Crippen LogP contribution is -2.46. The van der Waals surface area contributed by atoms with Gasteiger partial charge in [-0.05, 0) is 25.0 Å². The number of furan rings is 1. The Balaban J connectivity index is 1.76. The van der Waals surface area contributed by atoms with Gasteiger partial charge in [-0.25, -0.2) is 8.42 Å². The predicted octanol–water partition coefficient (Wildman–Crippen LogP) is 0.411. The molecule has 0 radical (unpaired) electrons. The first kappa shape index (κ1) is 16.8. The minimum Gasteiger partial charge on any atom is -0.469 e. The molecule has 0 saturated carbocycles. The molecule has 2 N–H and O–H groups in total. The third-order valence-electron chi connectivity index (χ3n) is 3.72. The average Bonchev–Trinajstić information content (AvgIpc) is 3.12. The smallest absolute Gasteiger partial charge is 0.211 e. The quantitative estimate of drug-likeness (QED) is 0.583. The van der Waals surface area contributed by atoms with Crippen LogP contribution in [0, 0.1) is 0 Å². The molecule has 1 fully saturated rings. The molecule has 0 spiro atoms. The summed E-state index contributed by atoms with van der Waals surface area (Å²) < 4.78 is 30.2. The Labute approximate surface area is 131 Å². The average molecular weight is 328 g/mol. The molecule has 124 valence electrons. The highest BCUT2D eigenvalue weighted by atomic mass is 32.2. The summed E-state index contributed by atoms with van der Waals surface area (Å²) in [4.78, 5) is 4.15. The summed E-state index contributed by atoms with van der Waals surface area (Å²) in [6.45, 7) is 1.87. The maximum absolute atomic E-state index is 11.7. The van der Waals surface area contributed by atoms with Gasteiger partial charge in [-0.15, -0.1) is 0 Å². The van der Waals surface area contributed by atoms with Gasteiger partial charge >= 0.3 is 0 Å². The summed E-state index contributed by atoms with van der Waals surface area (Å²) in [5.41, 5.74) is 0. The molecule has 0 unspecified atom stereocenters. The van der Waals surface area contributed by atoms with Crippen molar-refractivity contribution in [1.29, 1.82) is 0 Å². The molecular formula is C14H24N4O3S. The van der Waals surface area contributed by atoms with Gasteiger partial charge in [0.05, 0.1) is 12.5 Å². The first-order valence-electron chi connectivity index (χ1n) is 7.44. The highest BCUT2D eigenvalue weighted by Gasteiger charge is 2.31. The van der Waals surface area contributed by atoms with E-state index in [1.165, 1.54) is 6.26 Å². The largest absolute Gasteiger partial charge is 0.469 e. The van der Waals surface area contributed by atoms with Crippen molar-refractivity contribution in [3.05, 3.63) is 24.2 Å². The molecule has 7 nitrogen and oxygen atoms in total. The van der Waals surface area contributed by atoms with Crippen molar-refractivity contribution in [3.8, 4) is 0 Å². The SMILES string of the molecule is CN=C(NCCc1ccco1)NC[C@H]1CCCN1S(C)(=O)=O. The first-order chi connectivity index (χ1) is 10.5. The lowest BCUT2D eigenvalue weighted by Gasteiger charge is -2.23. The van der Waals surface area contributed by atoms with Crippen LogP contribution in [0.15, 0.2) is 27.8 Å². The van der Waals surface area contributed by atoms with Crippen molar-refractivity contribution in [2.24, 2.45) is 4.99 Å². The Morgan fingerprint density at radius 2 is 2.32 bits per heavy atom. The van der Waals surface area contributed by atoms with E-state index in [0.717, 1.165) is 25.0 Å². The second-order valence-electron chi connectivity index (χ2n) is 5.38. The zero-order valence-electron chi connectivity index (χ0n) is 13.1. The number of nitrogens with one attached hydrogen (secondary N) is 2. The van der Waals surface area contributed by atoms with Crippen molar-refractivity contribution in [2.75, 3.05) is 32.9 Å². The summed E-state index contributed by atoms with van der Waals surface area (Å²) in [6, 6.07) is 3.79. The zero-order chi connectivity index (χ0) is 16.0. The van der Waals surface area contributed by atoms with Crippen molar-refractivity contribution >= 4 is 16.0 Å². The molecule has 2 rings (SSSR count). The van der Waals surface area contributed by atoms with Crippen LogP contribution in [0.5, 0.6) is 0 Å². The number of rotatable bonds is 6. The Morgan fingerprint density at radius 3 is 2.95 bits per heavy atom. The molecule has 1 aliphatic heterocycles. The highest BCUT2D eigenvalue weighted by Crippen LogP contribution is 2.19. The first-order valence-corrected chi connectivity index (χ1v) is 9.29. The molecule has 0 aromatic carbocycles. The summed E-state index contributed by atoms with van der Waals surface area (Å²) in [5, 5.41) is 6.39. The Bertz CT molecular complexity index is 583. The lowest BCUT2D eigenvalue weighted by atomic mass is 10.2. The third-order valence-corrected chi connectivity index (χ3v) is 5.05. The van der Waals surface area contributed by atoms with E-state index in [4.69, 9.17) is 4.42 Å². The molecule has 22 heavy (non-hydrogen) atoms. The molecule has 8 heteroatoms. The molecule has 0 bridgehead atoms. The van der Waals surface area contributed by atoms with Crippen LogP contribution in [0.1, 0.15) is 18.6 Å². The summed E-state index contributed by atoms with van der Waals surface area (Å²) in [7, 11) is -1.43. The molecule has 0 amide bonds. The van der Waals surface area contributed by atoms with Crippen LogP contribution < -0.4 is 10.6 Å². The van der Waals surface area contributed by atoms with Gasteiger partial charge in [0.1, 0.15) is 5.76 Å². The van der Waals surface area contributed by atoms with E-state index in [0.29, 0.717) is 25.6 Å². The van der Waals surface area contributed by atoms with Crippen molar-refractivity contribution in [2.45, 2.75) is 25.3 Å². The number of hydrogen-bond acceptors (Lipinski definition) is 4. The van der Waals surface area contributed by atoms with Gasteiger partial charge in [0.2, 0.25) is 10.0 Å². The fourth-order valence-corrected chi connectivity index (χ4v) is 3.83. The van der Waals surface area contributed by atoms with E-state index in [2.05, 4.69) is 15.6 Å². The number of nitrogens with zero attached hydrogens (tertiary/aromatic N) is 2. The van der Waals surface area contributed by atoms with Crippen LogP contribution in [0.2, 0.25) is 0 Å². The number of guanidine groups is 1. The number of hydrogen-bond donors (Lipinski definition) is 2. The Hall–Kier alpha value is -1.54. The van der Waals surface area contributed by atoms with Crippen LogP contribution in [0.3, 0.4) is 0 Å². The van der Waals surface area contributed by atoms with Gasteiger partial charge in [0, 0.05) is 39.1 Å². The number of aliphatic imine (C=N–C) groups is 1. The van der Waals surface area contributed by atoms with Crippen LogP contribution in [-0.2, 0) is 16.4 Å². The van der Waals surface area contributed by atoms with Gasteiger partial charge in [0.25, 0.3) is 0 Å². The van der Waals surface area contributed by atoms with Gasteiger partial charge in [-0.1, -0.05) is 0 Å². The molecule has 1 aromatic heterocycles. The second-order valence-corrected chi connectivity index (χ2v) is 7.31. The van der Waals surface area contributed by atoms with Crippen molar-refractivity contribution in [1.82, 2.24) is 14.9 Å². The van der Waals surface area contributed by atoms with Crippen molar-refractivity contribution < 1.29 is 12.8 Å². The van der Waals surface area contributed by atoms with Gasteiger partial charge in [-0.2, -0.15) is 4.31 Å². The minimum absolute atomic E-state index is 0.00127. The normalized spacial score (nSPS) is 20.3. The second kappa shape index (κ2) is 7.64. The fraction of sp³-hybridized carbons (Fsp3) is 0.643. The minimum atomic E-state index is -3.13. The van der Waals surface area contributed by atoms with Gasteiger partial charge < -0.3 is 15.1 Å². The van der Waals surface area contributed by atoms with E-state index in [1.54, 1.807) is 17.6 Å². The molecule has 0 aliphatic carbocycles.